The molecule has 0 saturated heterocycles. The van der Waals surface area contributed by atoms with E-state index in [0.717, 1.165) is 25.1 Å². The monoisotopic (exact) mass is 316 g/mol. The Morgan fingerprint density at radius 1 is 1.36 bits per heavy atom. The van der Waals surface area contributed by atoms with E-state index in [1.165, 1.54) is 11.1 Å². The molecule has 1 aliphatic heterocycles. The zero-order valence-electron chi connectivity index (χ0n) is 13.3. The van der Waals surface area contributed by atoms with Gasteiger partial charge < -0.3 is 10.1 Å². The molecule has 1 heterocycles. The molecule has 0 radical (unpaired) electrons. The van der Waals surface area contributed by atoms with Gasteiger partial charge in [0.25, 0.3) is 0 Å². The average molecular weight is 316 g/mol. The number of likely N-dealkylation sites (N-methyl/N-ethyl adjacent to an activating group) is 1. The van der Waals surface area contributed by atoms with Gasteiger partial charge in [-0.25, -0.2) is 0 Å². The van der Waals surface area contributed by atoms with Gasteiger partial charge in [0, 0.05) is 24.7 Å². The van der Waals surface area contributed by atoms with E-state index in [2.05, 4.69) is 24.1 Å². The van der Waals surface area contributed by atoms with Gasteiger partial charge in [-0.3, -0.25) is 4.90 Å². The van der Waals surface area contributed by atoms with Gasteiger partial charge >= 0.3 is 6.18 Å². The van der Waals surface area contributed by atoms with E-state index in [0.29, 0.717) is 11.8 Å². The molecule has 0 aliphatic carbocycles. The number of ether oxygens (including phenoxy) is 1. The van der Waals surface area contributed by atoms with Crippen molar-refractivity contribution in [2.24, 2.45) is 0 Å². The molecule has 0 amide bonds. The van der Waals surface area contributed by atoms with Crippen LogP contribution in [-0.2, 0) is 13.0 Å². The fraction of sp³-hybridized carbons (Fsp3) is 0.625. The number of halogens is 3. The number of nitrogens with zero attached hydrogens (tertiary/aromatic N) is 1. The molecule has 0 spiro atoms. The Bertz CT molecular complexity index is 517. The maximum absolute atomic E-state index is 12.2. The number of nitrogens with one attached hydrogen (secondary N) is 1. The van der Waals surface area contributed by atoms with Crippen LogP contribution in [0.4, 0.5) is 13.2 Å². The Hall–Kier alpha value is -1.27. The van der Waals surface area contributed by atoms with Crippen molar-refractivity contribution in [1.29, 1.82) is 0 Å². The van der Waals surface area contributed by atoms with Crippen LogP contribution in [0.3, 0.4) is 0 Å². The quantitative estimate of drug-likeness (QED) is 0.902. The molecule has 0 bridgehead atoms. The lowest BCUT2D eigenvalue weighted by atomic mass is 9.91. The van der Waals surface area contributed by atoms with Gasteiger partial charge in [0.2, 0.25) is 0 Å². The van der Waals surface area contributed by atoms with Crippen LogP contribution in [0.15, 0.2) is 12.1 Å². The Morgan fingerprint density at radius 3 is 2.68 bits per heavy atom. The molecule has 0 fully saturated rings. The highest BCUT2D eigenvalue weighted by atomic mass is 19.4. The fourth-order valence-electron chi connectivity index (χ4n) is 3.05. The lowest BCUT2D eigenvalue weighted by Crippen LogP contribution is -2.34. The van der Waals surface area contributed by atoms with E-state index in [-0.39, 0.29) is 6.54 Å². The Labute approximate surface area is 129 Å². The zero-order valence-corrected chi connectivity index (χ0v) is 13.3. The van der Waals surface area contributed by atoms with E-state index in [9.17, 15) is 13.2 Å². The largest absolute Gasteiger partial charge is 0.496 e. The van der Waals surface area contributed by atoms with Crippen molar-refractivity contribution in [2.45, 2.75) is 39.0 Å². The van der Waals surface area contributed by atoms with Gasteiger partial charge in [-0.1, -0.05) is 13.0 Å². The van der Waals surface area contributed by atoms with Crippen LogP contribution >= 0.6 is 0 Å². The molecule has 1 N–H and O–H groups in total. The molecule has 22 heavy (non-hydrogen) atoms. The molecular weight excluding hydrogens is 293 g/mol. The lowest BCUT2D eigenvalue weighted by molar-refractivity contribution is -0.125. The highest BCUT2D eigenvalue weighted by molar-refractivity contribution is 5.45. The summed E-state index contributed by atoms with van der Waals surface area (Å²) in [5.41, 5.74) is 3.20. The molecule has 124 valence electrons. The number of hydrogen-bond donors (Lipinski definition) is 1. The van der Waals surface area contributed by atoms with Crippen molar-refractivity contribution in [2.75, 3.05) is 26.7 Å². The summed E-state index contributed by atoms with van der Waals surface area (Å²) in [6, 6.07) is 4.27. The van der Waals surface area contributed by atoms with Crippen LogP contribution in [0.5, 0.6) is 5.75 Å². The van der Waals surface area contributed by atoms with Crippen molar-refractivity contribution in [3.8, 4) is 5.75 Å². The van der Waals surface area contributed by atoms with Crippen LogP contribution < -0.4 is 10.1 Å². The second-order valence-electron chi connectivity index (χ2n) is 5.64. The molecular formula is C16H23F3N2O. The van der Waals surface area contributed by atoms with E-state index >= 15 is 0 Å². The topological polar surface area (TPSA) is 24.5 Å². The Balaban J connectivity index is 2.19. The second kappa shape index (κ2) is 6.87. The molecule has 2 rings (SSSR count). The summed E-state index contributed by atoms with van der Waals surface area (Å²) in [6.45, 7) is 5.41. The summed E-state index contributed by atoms with van der Waals surface area (Å²) in [4.78, 5) is 2.38. The normalized spacial score (nSPS) is 19.1. The maximum Gasteiger partial charge on any atom is 0.401 e. The smallest absolute Gasteiger partial charge is 0.401 e. The first kappa shape index (κ1) is 17.1. The van der Waals surface area contributed by atoms with Crippen molar-refractivity contribution in [1.82, 2.24) is 10.2 Å². The maximum atomic E-state index is 12.2. The number of methoxy groups -OCH3 is 1. The Morgan fingerprint density at radius 2 is 2.09 bits per heavy atom. The lowest BCUT2D eigenvalue weighted by Gasteiger charge is -2.35. The van der Waals surface area contributed by atoms with Gasteiger partial charge in [0.05, 0.1) is 13.7 Å². The third-order valence-corrected chi connectivity index (χ3v) is 4.26. The minimum Gasteiger partial charge on any atom is -0.496 e. The number of benzene rings is 1. The summed E-state index contributed by atoms with van der Waals surface area (Å²) in [6.07, 6.45) is -3.28. The highest BCUT2D eigenvalue weighted by Gasteiger charge is 2.27. The standard InChI is InChI=1S/C16H23F3N2O/c1-4-21-6-5-12-7-13(9-20-10-16(17,18)19)15(22-3)8-14(12)11(21)2/h7-8,11,20H,4-6,9-10H2,1-3H3. The van der Waals surface area contributed by atoms with Crippen LogP contribution in [0, 0.1) is 0 Å². The minimum atomic E-state index is -4.20. The van der Waals surface area contributed by atoms with Gasteiger partial charge in [-0.15, -0.1) is 0 Å². The summed E-state index contributed by atoms with van der Waals surface area (Å²) in [5, 5.41) is 2.44. The molecule has 3 nitrogen and oxygen atoms in total. The van der Waals surface area contributed by atoms with Gasteiger partial charge in [0.1, 0.15) is 5.75 Å². The van der Waals surface area contributed by atoms with Gasteiger partial charge in [0.15, 0.2) is 0 Å². The SMILES string of the molecule is CCN1CCc2cc(CNCC(F)(F)F)c(OC)cc2C1C. The molecule has 0 aromatic heterocycles. The minimum absolute atomic E-state index is 0.155. The first-order valence-electron chi connectivity index (χ1n) is 7.57. The van der Waals surface area contributed by atoms with Crippen LogP contribution in [-0.4, -0.2) is 37.8 Å². The first-order valence-corrected chi connectivity index (χ1v) is 7.57. The third-order valence-electron chi connectivity index (χ3n) is 4.26. The number of fused-ring (bicyclic) bond motifs is 1. The van der Waals surface area contributed by atoms with E-state index in [4.69, 9.17) is 4.74 Å². The second-order valence-corrected chi connectivity index (χ2v) is 5.64. The molecule has 6 heteroatoms. The molecule has 0 saturated carbocycles. The Kier molecular flexibility index (Phi) is 5.34. The van der Waals surface area contributed by atoms with Crippen molar-refractivity contribution in [3.63, 3.8) is 0 Å². The van der Waals surface area contributed by atoms with E-state index in [1.54, 1.807) is 7.11 Å². The van der Waals surface area contributed by atoms with Gasteiger partial charge in [-0.05, 0) is 37.1 Å². The summed E-state index contributed by atoms with van der Waals surface area (Å²) in [5.74, 6) is 0.651. The number of rotatable bonds is 5. The molecule has 1 aromatic rings. The molecule has 1 unspecified atom stereocenters. The molecule has 1 aromatic carbocycles. The van der Waals surface area contributed by atoms with Crippen molar-refractivity contribution in [3.05, 3.63) is 28.8 Å². The van der Waals surface area contributed by atoms with Crippen LogP contribution in [0.25, 0.3) is 0 Å². The highest BCUT2D eigenvalue weighted by Crippen LogP contribution is 2.34. The summed E-state index contributed by atoms with van der Waals surface area (Å²) >= 11 is 0. The first-order chi connectivity index (χ1) is 10.4. The van der Waals surface area contributed by atoms with E-state index in [1.807, 2.05) is 12.1 Å². The predicted molar refractivity (Wildman–Crippen MR) is 80.1 cm³/mol. The third kappa shape index (κ3) is 3.93. The fourth-order valence-corrected chi connectivity index (χ4v) is 3.05. The van der Waals surface area contributed by atoms with Crippen LogP contribution in [0.2, 0.25) is 0 Å². The zero-order chi connectivity index (χ0) is 16.3. The predicted octanol–water partition coefficient (Wildman–Crippen LogP) is 3.29. The van der Waals surface area contributed by atoms with Gasteiger partial charge in [-0.2, -0.15) is 13.2 Å². The summed E-state index contributed by atoms with van der Waals surface area (Å²) in [7, 11) is 1.56. The number of alkyl halides is 3. The van der Waals surface area contributed by atoms with Crippen molar-refractivity contribution < 1.29 is 17.9 Å². The summed E-state index contributed by atoms with van der Waals surface area (Å²) < 4.78 is 42.1. The number of hydrogen-bond acceptors (Lipinski definition) is 3. The average Bonchev–Trinajstić information content (AvgIpc) is 2.46. The molecule has 1 aliphatic rings. The molecule has 1 atom stereocenters. The van der Waals surface area contributed by atoms with Crippen LogP contribution in [0.1, 0.15) is 36.6 Å². The van der Waals surface area contributed by atoms with E-state index < -0.39 is 12.7 Å². The van der Waals surface area contributed by atoms with Crippen molar-refractivity contribution >= 4 is 0 Å².